The third kappa shape index (κ3) is 2.89. The Kier molecular flexibility index (Phi) is 4.11. The van der Waals surface area contributed by atoms with Crippen molar-refractivity contribution in [1.29, 1.82) is 0 Å². The van der Waals surface area contributed by atoms with E-state index < -0.39 is 22.7 Å². The molecule has 0 fully saturated rings. The predicted molar refractivity (Wildman–Crippen MR) is 97.6 cm³/mol. The molecule has 4 aromatic rings. The third-order valence-corrected chi connectivity index (χ3v) is 4.67. The minimum atomic E-state index is -4.64. The van der Waals surface area contributed by atoms with E-state index >= 15 is 0 Å². The average Bonchev–Trinajstić information content (AvgIpc) is 3.27. The summed E-state index contributed by atoms with van der Waals surface area (Å²) in [5.74, 6) is -0.839. The van der Waals surface area contributed by atoms with Gasteiger partial charge in [-0.1, -0.05) is 23.7 Å². The van der Waals surface area contributed by atoms with Gasteiger partial charge in [-0.2, -0.15) is 13.2 Å². The second-order valence-corrected chi connectivity index (χ2v) is 6.34. The van der Waals surface area contributed by atoms with E-state index in [0.29, 0.717) is 22.4 Å². The monoisotopic (exact) mass is 405 g/mol. The van der Waals surface area contributed by atoms with Crippen molar-refractivity contribution in [2.45, 2.75) is 6.18 Å². The van der Waals surface area contributed by atoms with Crippen molar-refractivity contribution in [3.8, 4) is 22.5 Å². The fourth-order valence-electron chi connectivity index (χ4n) is 3.03. The van der Waals surface area contributed by atoms with Crippen molar-refractivity contribution < 1.29 is 18.0 Å². The zero-order valence-electron chi connectivity index (χ0n) is 13.9. The molecule has 4 rings (SSSR count). The summed E-state index contributed by atoms with van der Waals surface area (Å²) >= 11 is 6.02. The highest BCUT2D eigenvalue weighted by molar-refractivity contribution is 6.34. The zero-order valence-corrected chi connectivity index (χ0v) is 14.7. The number of benzene rings is 1. The van der Waals surface area contributed by atoms with Gasteiger partial charge in [-0.25, -0.2) is 9.97 Å². The number of carbonyl (C=O) groups excluding carboxylic acids is 1. The highest BCUT2D eigenvalue weighted by Crippen LogP contribution is 2.41. The van der Waals surface area contributed by atoms with Crippen LogP contribution in [0.15, 0.2) is 42.9 Å². The van der Waals surface area contributed by atoms with Crippen LogP contribution in [0.4, 0.5) is 13.2 Å². The summed E-state index contributed by atoms with van der Waals surface area (Å²) in [4.78, 5) is 26.0. The molecule has 0 spiro atoms. The molecule has 0 atom stereocenters. The Morgan fingerprint density at radius 3 is 2.64 bits per heavy atom. The summed E-state index contributed by atoms with van der Waals surface area (Å²) in [6.07, 6.45) is -1.63. The Balaban J connectivity index is 1.95. The lowest BCUT2D eigenvalue weighted by molar-refractivity contribution is -0.137. The van der Waals surface area contributed by atoms with Crippen LogP contribution < -0.4 is 5.73 Å². The number of carbonyl (C=O) groups is 1. The molecule has 6 nitrogen and oxygen atoms in total. The third-order valence-electron chi connectivity index (χ3n) is 4.27. The highest BCUT2D eigenvalue weighted by atomic mass is 35.5. The number of halogens is 4. The molecule has 0 aliphatic heterocycles. The van der Waals surface area contributed by atoms with Gasteiger partial charge in [-0.15, -0.1) is 0 Å². The number of nitrogens with zero attached hydrogens (tertiary/aromatic N) is 2. The van der Waals surface area contributed by atoms with Crippen LogP contribution in [0.3, 0.4) is 0 Å². The number of primary amides is 1. The number of fused-ring (bicyclic) bond motifs is 1. The lowest BCUT2D eigenvalue weighted by atomic mass is 10.0. The van der Waals surface area contributed by atoms with Gasteiger partial charge in [0.15, 0.2) is 0 Å². The Morgan fingerprint density at radius 2 is 1.93 bits per heavy atom. The van der Waals surface area contributed by atoms with Gasteiger partial charge in [-0.05, 0) is 18.2 Å². The van der Waals surface area contributed by atoms with Crippen molar-refractivity contribution in [1.82, 2.24) is 19.9 Å². The van der Waals surface area contributed by atoms with E-state index in [4.69, 9.17) is 17.3 Å². The first-order chi connectivity index (χ1) is 13.3. The zero-order chi connectivity index (χ0) is 20.1. The molecule has 0 radical (unpaired) electrons. The molecular weight excluding hydrogens is 395 g/mol. The van der Waals surface area contributed by atoms with Crippen molar-refractivity contribution in [2.75, 3.05) is 0 Å². The van der Waals surface area contributed by atoms with E-state index in [-0.39, 0.29) is 16.8 Å². The van der Waals surface area contributed by atoms with E-state index in [2.05, 4.69) is 19.9 Å². The van der Waals surface area contributed by atoms with Crippen molar-refractivity contribution in [2.24, 2.45) is 5.73 Å². The number of nitrogens with one attached hydrogen (secondary N) is 2. The number of rotatable bonds is 3. The van der Waals surface area contributed by atoms with E-state index in [1.807, 2.05) is 0 Å². The van der Waals surface area contributed by atoms with Gasteiger partial charge in [0.05, 0.1) is 22.0 Å². The second-order valence-electron chi connectivity index (χ2n) is 5.96. The van der Waals surface area contributed by atoms with Gasteiger partial charge in [0.1, 0.15) is 17.7 Å². The smallest absolute Gasteiger partial charge is 0.364 e. The van der Waals surface area contributed by atoms with Gasteiger partial charge in [0.2, 0.25) is 0 Å². The van der Waals surface area contributed by atoms with Crippen LogP contribution in [0.5, 0.6) is 0 Å². The average molecular weight is 406 g/mol. The molecule has 1 aromatic carbocycles. The van der Waals surface area contributed by atoms with Crippen LogP contribution in [0.1, 0.15) is 16.1 Å². The van der Waals surface area contributed by atoms with Gasteiger partial charge in [-0.3, -0.25) is 4.79 Å². The summed E-state index contributed by atoms with van der Waals surface area (Å²) in [5.41, 5.74) is 5.98. The van der Waals surface area contributed by atoms with Crippen LogP contribution in [-0.4, -0.2) is 25.8 Å². The number of aromatic nitrogens is 4. The topological polar surface area (TPSA) is 100 Å². The fraction of sp³-hybridized carbons (Fsp3) is 0.0556. The molecular formula is C18H11ClF3N5O. The SMILES string of the molecule is NC(=O)c1[nH]c(-c2ncnc3[nH]ccc23)cc1-c1cccc(C(F)(F)F)c1Cl. The lowest BCUT2D eigenvalue weighted by Gasteiger charge is -2.12. The van der Waals surface area contributed by atoms with E-state index in [0.717, 1.165) is 6.07 Å². The molecule has 142 valence electrons. The Labute approximate surface area is 160 Å². The van der Waals surface area contributed by atoms with Crippen LogP contribution in [0.2, 0.25) is 5.02 Å². The first-order valence-corrected chi connectivity index (χ1v) is 8.32. The molecule has 4 N–H and O–H groups in total. The quantitative estimate of drug-likeness (QED) is 0.471. The number of amides is 1. The molecule has 3 heterocycles. The summed E-state index contributed by atoms with van der Waals surface area (Å²) in [5, 5.41) is 0.152. The number of hydrogen-bond donors (Lipinski definition) is 3. The molecule has 10 heteroatoms. The fourth-order valence-corrected chi connectivity index (χ4v) is 3.37. The number of aromatic amines is 2. The van der Waals surface area contributed by atoms with Crippen molar-refractivity contribution in [3.05, 3.63) is 59.1 Å². The summed E-state index contributed by atoms with van der Waals surface area (Å²) in [7, 11) is 0. The molecule has 0 aliphatic rings. The standard InChI is InChI=1S/C18H11ClF3N5O/c19-13-8(2-1-3-11(13)18(20,21)22)10-6-12(27-15(10)16(23)28)14-9-4-5-24-17(9)26-7-25-14/h1-7,27H,(H2,23,28)(H,24,25,26). The Bertz CT molecular complexity index is 1210. The van der Waals surface area contributed by atoms with Gasteiger partial charge in [0, 0.05) is 22.7 Å². The molecule has 0 aliphatic carbocycles. The summed E-state index contributed by atoms with van der Waals surface area (Å²) in [6, 6.07) is 6.72. The largest absolute Gasteiger partial charge is 0.417 e. The number of nitrogens with two attached hydrogens (primary N) is 1. The lowest BCUT2D eigenvalue weighted by Crippen LogP contribution is -2.13. The molecule has 1 amide bonds. The first-order valence-electron chi connectivity index (χ1n) is 7.94. The number of hydrogen-bond acceptors (Lipinski definition) is 3. The highest BCUT2D eigenvalue weighted by Gasteiger charge is 2.34. The van der Waals surface area contributed by atoms with Crippen LogP contribution in [-0.2, 0) is 6.18 Å². The molecule has 28 heavy (non-hydrogen) atoms. The molecule has 3 aromatic heterocycles. The van der Waals surface area contributed by atoms with Crippen LogP contribution in [0, 0.1) is 0 Å². The molecule has 0 saturated heterocycles. The summed E-state index contributed by atoms with van der Waals surface area (Å²) < 4.78 is 39.6. The van der Waals surface area contributed by atoms with Crippen molar-refractivity contribution in [3.63, 3.8) is 0 Å². The number of alkyl halides is 3. The predicted octanol–water partition coefficient (Wildman–Crippen LogP) is 4.39. The second kappa shape index (κ2) is 6.38. The summed E-state index contributed by atoms with van der Waals surface area (Å²) in [6.45, 7) is 0. The maximum Gasteiger partial charge on any atom is 0.417 e. The van der Waals surface area contributed by atoms with Crippen molar-refractivity contribution >= 4 is 28.5 Å². The Hall–Kier alpha value is -3.33. The van der Waals surface area contributed by atoms with E-state index in [9.17, 15) is 18.0 Å². The molecule has 0 saturated carbocycles. The maximum absolute atomic E-state index is 13.2. The molecule has 0 bridgehead atoms. The maximum atomic E-state index is 13.2. The number of H-pyrrole nitrogens is 2. The van der Waals surface area contributed by atoms with E-state index in [1.54, 1.807) is 12.3 Å². The minimum Gasteiger partial charge on any atom is -0.364 e. The van der Waals surface area contributed by atoms with Gasteiger partial charge >= 0.3 is 6.18 Å². The minimum absolute atomic E-state index is 0.0344. The molecule has 0 unspecified atom stereocenters. The first kappa shape index (κ1) is 18.1. The van der Waals surface area contributed by atoms with Gasteiger partial charge in [0.25, 0.3) is 5.91 Å². The van der Waals surface area contributed by atoms with Gasteiger partial charge < -0.3 is 15.7 Å². The van der Waals surface area contributed by atoms with E-state index in [1.165, 1.54) is 24.5 Å². The normalized spacial score (nSPS) is 11.9. The van der Waals surface area contributed by atoms with Crippen LogP contribution in [0.25, 0.3) is 33.5 Å². The van der Waals surface area contributed by atoms with Crippen LogP contribution >= 0.6 is 11.6 Å². The Morgan fingerprint density at radius 1 is 1.14 bits per heavy atom.